The van der Waals surface area contributed by atoms with Crippen LogP contribution in [0.25, 0.3) is 5.32 Å². The first-order valence-corrected chi connectivity index (χ1v) is 3.76. The predicted octanol–water partition coefficient (Wildman–Crippen LogP) is 3.29. The Morgan fingerprint density at radius 1 is 1.15 bits per heavy atom. The van der Waals surface area contributed by atoms with Crippen LogP contribution in [-0.2, 0) is 0 Å². The highest BCUT2D eigenvalue weighted by Gasteiger charge is 2.32. The van der Waals surface area contributed by atoms with Crippen molar-refractivity contribution in [3.05, 3.63) is 41.2 Å². The van der Waals surface area contributed by atoms with E-state index in [0.717, 1.165) is 0 Å². The van der Waals surface area contributed by atoms with E-state index in [-0.39, 0.29) is 5.56 Å². The van der Waals surface area contributed by atoms with Gasteiger partial charge in [0.25, 0.3) is 0 Å². The molecule has 1 atom stereocenters. The first-order chi connectivity index (χ1) is 6.05. The molecular formula is C9H9F3N-. The number of alkyl halides is 3. The standard InChI is InChI=1S/C9H9F3N/c1-13-8(9(10,11)12)7-5-3-2-4-6-7/h2-6,8H,1H3/q-1. The van der Waals surface area contributed by atoms with Crippen molar-refractivity contribution in [1.82, 2.24) is 0 Å². The maximum atomic E-state index is 12.3. The zero-order chi connectivity index (χ0) is 9.90. The van der Waals surface area contributed by atoms with Crippen LogP contribution in [0.4, 0.5) is 13.2 Å². The summed E-state index contributed by atoms with van der Waals surface area (Å²) < 4.78 is 36.9. The molecule has 0 aliphatic rings. The number of hydrogen-bond acceptors (Lipinski definition) is 0. The van der Waals surface area contributed by atoms with E-state index in [0.29, 0.717) is 0 Å². The van der Waals surface area contributed by atoms with E-state index in [4.69, 9.17) is 0 Å². The minimum Gasteiger partial charge on any atom is -0.651 e. The lowest BCUT2D eigenvalue weighted by Crippen LogP contribution is -2.19. The van der Waals surface area contributed by atoms with Crippen molar-refractivity contribution in [1.29, 1.82) is 0 Å². The molecule has 72 valence electrons. The zero-order valence-corrected chi connectivity index (χ0v) is 7.05. The average molecular weight is 188 g/mol. The van der Waals surface area contributed by atoms with E-state index in [9.17, 15) is 13.2 Å². The smallest absolute Gasteiger partial charge is 0.377 e. The van der Waals surface area contributed by atoms with Gasteiger partial charge in [-0.05, 0) is 6.04 Å². The summed E-state index contributed by atoms with van der Waals surface area (Å²) in [6.45, 7) is 0. The van der Waals surface area contributed by atoms with Gasteiger partial charge in [0.15, 0.2) is 0 Å². The van der Waals surface area contributed by atoms with Gasteiger partial charge < -0.3 is 5.32 Å². The molecule has 0 saturated heterocycles. The second-order valence-electron chi connectivity index (χ2n) is 2.61. The van der Waals surface area contributed by atoms with Crippen molar-refractivity contribution in [2.45, 2.75) is 12.2 Å². The molecule has 0 bridgehead atoms. The molecule has 0 spiro atoms. The lowest BCUT2D eigenvalue weighted by atomic mass is 10.1. The topological polar surface area (TPSA) is 14.1 Å². The molecule has 0 radical (unpaired) electrons. The summed E-state index contributed by atoms with van der Waals surface area (Å²) in [5.74, 6) is 0. The Morgan fingerprint density at radius 2 is 1.69 bits per heavy atom. The number of hydrogen-bond donors (Lipinski definition) is 0. The summed E-state index contributed by atoms with van der Waals surface area (Å²) in [7, 11) is 1.17. The second kappa shape index (κ2) is 3.79. The van der Waals surface area contributed by atoms with Crippen LogP contribution in [0.15, 0.2) is 30.3 Å². The van der Waals surface area contributed by atoms with Crippen molar-refractivity contribution in [2.75, 3.05) is 7.05 Å². The summed E-state index contributed by atoms with van der Waals surface area (Å²) in [5.41, 5.74) is 0.178. The van der Waals surface area contributed by atoms with Crippen molar-refractivity contribution in [2.24, 2.45) is 0 Å². The quantitative estimate of drug-likeness (QED) is 0.676. The Bertz CT molecular complexity index is 255. The Kier molecular flexibility index (Phi) is 2.93. The number of halogens is 3. The highest BCUT2D eigenvalue weighted by Crippen LogP contribution is 2.37. The fraction of sp³-hybridized carbons (Fsp3) is 0.333. The van der Waals surface area contributed by atoms with E-state index in [1.165, 1.54) is 19.2 Å². The lowest BCUT2D eigenvalue weighted by molar-refractivity contribution is -0.141. The lowest BCUT2D eigenvalue weighted by Gasteiger charge is -2.30. The molecule has 1 unspecified atom stereocenters. The van der Waals surface area contributed by atoms with Crippen LogP contribution in [-0.4, -0.2) is 13.2 Å². The maximum absolute atomic E-state index is 12.3. The van der Waals surface area contributed by atoms with Gasteiger partial charge in [0.2, 0.25) is 0 Å². The van der Waals surface area contributed by atoms with Crippen LogP contribution in [0.1, 0.15) is 11.6 Å². The summed E-state index contributed by atoms with van der Waals surface area (Å²) in [6.07, 6.45) is -4.30. The third-order valence-corrected chi connectivity index (χ3v) is 1.68. The molecule has 0 saturated carbocycles. The Balaban J connectivity index is 2.92. The number of benzene rings is 1. The molecule has 0 aliphatic carbocycles. The monoisotopic (exact) mass is 188 g/mol. The fourth-order valence-electron chi connectivity index (χ4n) is 1.12. The average Bonchev–Trinajstić information content (AvgIpc) is 2.05. The van der Waals surface area contributed by atoms with Crippen molar-refractivity contribution in [3.8, 4) is 0 Å². The van der Waals surface area contributed by atoms with Crippen molar-refractivity contribution < 1.29 is 13.2 Å². The van der Waals surface area contributed by atoms with Gasteiger partial charge in [-0.3, -0.25) is 0 Å². The number of rotatable bonds is 2. The van der Waals surface area contributed by atoms with Gasteiger partial charge in [-0.2, -0.15) is 20.2 Å². The third kappa shape index (κ3) is 2.45. The van der Waals surface area contributed by atoms with Crippen LogP contribution >= 0.6 is 0 Å². The molecule has 1 aromatic carbocycles. The Labute approximate surface area is 74.6 Å². The highest BCUT2D eigenvalue weighted by atomic mass is 19.4. The third-order valence-electron chi connectivity index (χ3n) is 1.68. The van der Waals surface area contributed by atoms with Gasteiger partial charge in [0.05, 0.1) is 0 Å². The largest absolute Gasteiger partial charge is 0.651 e. The molecular weight excluding hydrogens is 179 g/mol. The van der Waals surface area contributed by atoms with Crippen molar-refractivity contribution >= 4 is 0 Å². The molecule has 0 fully saturated rings. The van der Waals surface area contributed by atoms with E-state index < -0.39 is 12.2 Å². The van der Waals surface area contributed by atoms with E-state index in [1.807, 2.05) is 0 Å². The summed E-state index contributed by atoms with van der Waals surface area (Å²) in [6, 6.07) is 5.95. The first-order valence-electron chi connectivity index (χ1n) is 3.76. The molecule has 0 amide bonds. The number of nitrogens with zero attached hydrogens (tertiary/aromatic N) is 1. The SMILES string of the molecule is C[N-]C(c1ccccc1)C(F)(F)F. The minimum atomic E-state index is -4.30. The van der Waals surface area contributed by atoms with Crippen LogP contribution in [0.3, 0.4) is 0 Å². The molecule has 1 aromatic rings. The normalized spacial score (nSPS) is 14.2. The predicted molar refractivity (Wildman–Crippen MR) is 44.5 cm³/mol. The fourth-order valence-corrected chi connectivity index (χ4v) is 1.12. The highest BCUT2D eigenvalue weighted by molar-refractivity contribution is 5.24. The zero-order valence-electron chi connectivity index (χ0n) is 7.05. The summed E-state index contributed by atoms with van der Waals surface area (Å²) in [4.78, 5) is 0. The molecule has 1 nitrogen and oxygen atoms in total. The van der Waals surface area contributed by atoms with E-state index in [1.54, 1.807) is 18.2 Å². The molecule has 0 aliphatic heterocycles. The summed E-state index contributed by atoms with van der Waals surface area (Å²) in [5, 5.41) is 3.30. The summed E-state index contributed by atoms with van der Waals surface area (Å²) >= 11 is 0. The van der Waals surface area contributed by atoms with Crippen LogP contribution in [0, 0.1) is 0 Å². The molecule has 0 aromatic heterocycles. The van der Waals surface area contributed by atoms with Gasteiger partial charge in [-0.1, -0.05) is 35.9 Å². The molecule has 4 heteroatoms. The molecule has 1 rings (SSSR count). The Morgan fingerprint density at radius 3 is 2.08 bits per heavy atom. The molecule has 13 heavy (non-hydrogen) atoms. The van der Waals surface area contributed by atoms with Crippen LogP contribution in [0.2, 0.25) is 0 Å². The molecule has 0 N–H and O–H groups in total. The van der Waals surface area contributed by atoms with Gasteiger partial charge in [-0.15, -0.1) is 0 Å². The van der Waals surface area contributed by atoms with Crippen LogP contribution in [0.5, 0.6) is 0 Å². The minimum absolute atomic E-state index is 0.178. The maximum Gasteiger partial charge on any atom is 0.377 e. The van der Waals surface area contributed by atoms with Gasteiger partial charge in [0.1, 0.15) is 0 Å². The van der Waals surface area contributed by atoms with Gasteiger partial charge in [-0.25, -0.2) is 0 Å². The van der Waals surface area contributed by atoms with E-state index in [2.05, 4.69) is 5.32 Å². The van der Waals surface area contributed by atoms with E-state index >= 15 is 0 Å². The van der Waals surface area contributed by atoms with Crippen LogP contribution < -0.4 is 0 Å². The van der Waals surface area contributed by atoms with Gasteiger partial charge >= 0.3 is 6.18 Å². The molecule has 0 heterocycles. The van der Waals surface area contributed by atoms with Crippen molar-refractivity contribution in [3.63, 3.8) is 0 Å². The van der Waals surface area contributed by atoms with Gasteiger partial charge in [0, 0.05) is 0 Å². The first kappa shape index (κ1) is 10.1. The second-order valence-corrected chi connectivity index (χ2v) is 2.61. The Hall–Kier alpha value is -1.03.